The van der Waals surface area contributed by atoms with Crippen molar-refractivity contribution in [3.05, 3.63) is 75.6 Å². The van der Waals surface area contributed by atoms with Crippen molar-refractivity contribution in [2.75, 3.05) is 22.1 Å². The molecular weight excluding hydrogens is 451 g/mol. The highest BCUT2D eigenvalue weighted by atomic mass is 19.4. The van der Waals surface area contributed by atoms with Crippen LogP contribution in [0.25, 0.3) is 0 Å². The summed E-state index contributed by atoms with van der Waals surface area (Å²) in [7, 11) is 0. The van der Waals surface area contributed by atoms with Gasteiger partial charge in [-0.3, -0.25) is 19.4 Å². The fourth-order valence-electron chi connectivity index (χ4n) is 4.27. The predicted octanol–water partition coefficient (Wildman–Crippen LogP) is 3.55. The maximum atomic E-state index is 13.0. The Balaban J connectivity index is 1.47. The second-order valence-electron chi connectivity index (χ2n) is 8.05. The molecule has 0 fully saturated rings. The zero-order valence-electron chi connectivity index (χ0n) is 17.6. The fourth-order valence-corrected chi connectivity index (χ4v) is 4.27. The number of amides is 2. The fraction of sp³-hybridized carbons (Fsp3) is 0.217. The largest absolute Gasteiger partial charge is 0.416 e. The molecule has 34 heavy (non-hydrogen) atoms. The van der Waals surface area contributed by atoms with E-state index in [0.717, 1.165) is 35.9 Å². The molecule has 0 aliphatic carbocycles. The first-order valence-corrected chi connectivity index (χ1v) is 10.5. The van der Waals surface area contributed by atoms with Crippen molar-refractivity contribution >= 4 is 35.0 Å². The van der Waals surface area contributed by atoms with Gasteiger partial charge in [0.05, 0.1) is 17.0 Å². The van der Waals surface area contributed by atoms with E-state index in [9.17, 15) is 27.6 Å². The number of aromatic amines is 1. The van der Waals surface area contributed by atoms with Gasteiger partial charge in [-0.05, 0) is 36.2 Å². The van der Waals surface area contributed by atoms with Gasteiger partial charge in [0.25, 0.3) is 5.56 Å². The summed E-state index contributed by atoms with van der Waals surface area (Å²) in [5.41, 5.74) is 0.301. The molecule has 174 valence electrons. The Morgan fingerprint density at radius 1 is 1.12 bits per heavy atom. The molecule has 2 aliphatic rings. The average molecular weight is 469 g/mol. The number of anilines is 4. The van der Waals surface area contributed by atoms with Gasteiger partial charge in [0, 0.05) is 24.3 Å². The summed E-state index contributed by atoms with van der Waals surface area (Å²) in [6.07, 6.45) is -4.16. The van der Waals surface area contributed by atoms with Gasteiger partial charge in [-0.25, -0.2) is 0 Å². The number of nitrogens with one attached hydrogen (secondary N) is 3. The van der Waals surface area contributed by atoms with Gasteiger partial charge in [-0.2, -0.15) is 18.2 Å². The van der Waals surface area contributed by atoms with E-state index in [-0.39, 0.29) is 29.4 Å². The van der Waals surface area contributed by atoms with E-state index in [2.05, 4.69) is 20.6 Å². The first-order valence-electron chi connectivity index (χ1n) is 10.5. The van der Waals surface area contributed by atoms with Crippen LogP contribution >= 0.6 is 0 Å². The van der Waals surface area contributed by atoms with Crippen LogP contribution < -0.4 is 21.1 Å². The van der Waals surface area contributed by atoms with Gasteiger partial charge in [0.1, 0.15) is 5.82 Å². The minimum atomic E-state index is -4.58. The number of hydrogen-bond acceptors (Lipinski definition) is 5. The van der Waals surface area contributed by atoms with E-state index in [0.29, 0.717) is 6.54 Å². The molecule has 0 saturated carbocycles. The number of para-hydroxylation sites is 1. The number of nitrogens with zero attached hydrogens (tertiary/aromatic N) is 2. The standard InChI is InChI=1S/C23H18F3N5O3/c24-23(25,26)13-5-3-6-14(10-13)27-20(33)15-11-17(32)28-19-18(15)21(34)30-22(29-19)31-9-8-12-4-1-2-7-16(12)31/h1-7,10,15H,8-9,11H2,(H,27,33)(H2,28,29,30,32,34). The number of halogens is 3. The van der Waals surface area contributed by atoms with Crippen LogP contribution in [-0.4, -0.2) is 28.3 Å². The molecule has 0 spiro atoms. The summed E-state index contributed by atoms with van der Waals surface area (Å²) in [5, 5.41) is 4.93. The number of alkyl halides is 3. The lowest BCUT2D eigenvalue weighted by molar-refractivity contribution is -0.137. The Morgan fingerprint density at radius 2 is 1.91 bits per heavy atom. The van der Waals surface area contributed by atoms with E-state index >= 15 is 0 Å². The zero-order chi connectivity index (χ0) is 24.0. The van der Waals surface area contributed by atoms with E-state index < -0.39 is 35.0 Å². The van der Waals surface area contributed by atoms with Crippen molar-refractivity contribution in [2.45, 2.75) is 24.9 Å². The van der Waals surface area contributed by atoms with Gasteiger partial charge < -0.3 is 15.5 Å². The molecule has 8 nitrogen and oxygen atoms in total. The summed E-state index contributed by atoms with van der Waals surface area (Å²) in [5.74, 6) is -2.32. The highest BCUT2D eigenvalue weighted by Gasteiger charge is 2.36. The summed E-state index contributed by atoms with van der Waals surface area (Å²) in [6, 6.07) is 11.8. The Kier molecular flexibility index (Phi) is 5.11. The van der Waals surface area contributed by atoms with Gasteiger partial charge in [0.2, 0.25) is 17.8 Å². The smallest absolute Gasteiger partial charge is 0.326 e. The molecule has 2 aliphatic heterocycles. The molecule has 3 aromatic rings. The average Bonchev–Trinajstić information content (AvgIpc) is 3.22. The highest BCUT2D eigenvalue weighted by molar-refractivity contribution is 6.04. The zero-order valence-corrected chi connectivity index (χ0v) is 17.6. The molecule has 3 N–H and O–H groups in total. The molecule has 0 bridgehead atoms. The molecule has 3 heterocycles. The van der Waals surface area contributed by atoms with Crippen molar-refractivity contribution in [1.29, 1.82) is 0 Å². The maximum absolute atomic E-state index is 13.0. The number of carbonyl (C=O) groups excluding carboxylic acids is 2. The number of H-pyrrole nitrogens is 1. The lowest BCUT2D eigenvalue weighted by atomic mass is 9.92. The molecule has 1 unspecified atom stereocenters. The molecule has 1 aromatic heterocycles. The minimum absolute atomic E-state index is 0.0384. The molecular formula is C23H18F3N5O3. The summed E-state index contributed by atoms with van der Waals surface area (Å²) in [4.78, 5) is 47.2. The first kappa shape index (κ1) is 21.7. The monoisotopic (exact) mass is 469 g/mol. The van der Waals surface area contributed by atoms with Gasteiger partial charge in [-0.1, -0.05) is 24.3 Å². The lowest BCUT2D eigenvalue weighted by Gasteiger charge is -2.25. The molecule has 5 rings (SSSR count). The summed E-state index contributed by atoms with van der Waals surface area (Å²) >= 11 is 0. The molecule has 2 amide bonds. The maximum Gasteiger partial charge on any atom is 0.416 e. The quantitative estimate of drug-likeness (QED) is 0.544. The number of hydrogen-bond donors (Lipinski definition) is 3. The number of benzene rings is 2. The number of aromatic nitrogens is 2. The second kappa shape index (κ2) is 8.01. The third-order valence-electron chi connectivity index (χ3n) is 5.86. The van der Waals surface area contributed by atoms with Crippen molar-refractivity contribution in [1.82, 2.24) is 9.97 Å². The van der Waals surface area contributed by atoms with E-state index in [1.54, 1.807) is 0 Å². The predicted molar refractivity (Wildman–Crippen MR) is 118 cm³/mol. The topological polar surface area (TPSA) is 107 Å². The van der Waals surface area contributed by atoms with Crippen LogP contribution in [0.5, 0.6) is 0 Å². The number of rotatable bonds is 3. The van der Waals surface area contributed by atoms with E-state index in [4.69, 9.17) is 0 Å². The molecule has 0 saturated heterocycles. The first-order chi connectivity index (χ1) is 16.2. The minimum Gasteiger partial charge on any atom is -0.326 e. The summed E-state index contributed by atoms with van der Waals surface area (Å²) < 4.78 is 39.0. The highest BCUT2D eigenvalue weighted by Crippen LogP contribution is 2.35. The Labute approximate surface area is 190 Å². The third-order valence-corrected chi connectivity index (χ3v) is 5.86. The molecule has 0 radical (unpaired) electrons. The SMILES string of the molecule is O=C1CC(C(=O)Nc2cccc(C(F)(F)F)c2)c2c(nc(N3CCc4ccccc43)[nH]c2=O)N1. The third kappa shape index (κ3) is 3.89. The Bertz CT molecular complexity index is 1370. The molecule has 11 heteroatoms. The lowest BCUT2D eigenvalue weighted by Crippen LogP contribution is -2.37. The van der Waals surface area contributed by atoms with Crippen molar-refractivity contribution in [2.24, 2.45) is 0 Å². The second-order valence-corrected chi connectivity index (χ2v) is 8.05. The molecule has 2 aromatic carbocycles. The van der Waals surface area contributed by atoms with Crippen molar-refractivity contribution in [3.63, 3.8) is 0 Å². The van der Waals surface area contributed by atoms with Crippen LogP contribution in [0.2, 0.25) is 0 Å². The van der Waals surface area contributed by atoms with Gasteiger partial charge in [-0.15, -0.1) is 0 Å². The Morgan fingerprint density at radius 3 is 2.71 bits per heavy atom. The number of fused-ring (bicyclic) bond motifs is 2. The van der Waals surface area contributed by atoms with Crippen LogP contribution in [0.3, 0.4) is 0 Å². The van der Waals surface area contributed by atoms with Crippen LogP contribution in [0.15, 0.2) is 53.3 Å². The Hall–Kier alpha value is -4.15. The van der Waals surface area contributed by atoms with Crippen LogP contribution in [-0.2, 0) is 22.2 Å². The summed E-state index contributed by atoms with van der Waals surface area (Å²) in [6.45, 7) is 0.578. The van der Waals surface area contributed by atoms with Crippen LogP contribution in [0.1, 0.15) is 29.0 Å². The van der Waals surface area contributed by atoms with E-state index in [1.165, 1.54) is 6.07 Å². The van der Waals surface area contributed by atoms with E-state index in [1.807, 2.05) is 29.2 Å². The normalized spacial score (nSPS) is 17.1. The van der Waals surface area contributed by atoms with Crippen molar-refractivity contribution in [3.8, 4) is 0 Å². The van der Waals surface area contributed by atoms with Gasteiger partial charge in [0.15, 0.2) is 0 Å². The molecule has 1 atom stereocenters. The van der Waals surface area contributed by atoms with Gasteiger partial charge >= 0.3 is 6.18 Å². The van der Waals surface area contributed by atoms with Crippen LogP contribution in [0.4, 0.5) is 36.3 Å². The van der Waals surface area contributed by atoms with Crippen molar-refractivity contribution < 1.29 is 22.8 Å². The van der Waals surface area contributed by atoms with Crippen LogP contribution in [0, 0.1) is 0 Å². The number of carbonyl (C=O) groups is 2.